The summed E-state index contributed by atoms with van der Waals surface area (Å²) in [6.07, 6.45) is -1.52. The molecule has 3 amide bonds. The first-order valence-corrected chi connectivity index (χ1v) is 8.12. The first kappa shape index (κ1) is 20.3. The van der Waals surface area contributed by atoms with Gasteiger partial charge >= 0.3 is 12.2 Å². The fourth-order valence-electron chi connectivity index (χ4n) is 2.28. The van der Waals surface area contributed by atoms with Gasteiger partial charge in [-0.1, -0.05) is 30.3 Å². The van der Waals surface area contributed by atoms with Crippen LogP contribution in [-0.2, 0) is 14.3 Å². The van der Waals surface area contributed by atoms with Gasteiger partial charge in [-0.3, -0.25) is 4.79 Å². The Kier molecular flexibility index (Phi) is 8.25. The van der Waals surface area contributed by atoms with Gasteiger partial charge in [0.2, 0.25) is 5.91 Å². The number of nitrogens with one attached hydrogen (secondary N) is 2. The van der Waals surface area contributed by atoms with Crippen LogP contribution in [-0.4, -0.2) is 42.4 Å². The maximum absolute atomic E-state index is 12.3. The summed E-state index contributed by atoms with van der Waals surface area (Å²) in [5.74, 6) is -0.263. The van der Waals surface area contributed by atoms with E-state index in [1.54, 1.807) is 20.8 Å². The van der Waals surface area contributed by atoms with Crippen LogP contribution in [0.4, 0.5) is 9.59 Å². The van der Waals surface area contributed by atoms with Gasteiger partial charge < -0.3 is 14.8 Å². The topological polar surface area (TPSA) is 97.0 Å². The zero-order valence-electron chi connectivity index (χ0n) is 14.9. The molecule has 0 spiro atoms. The molecule has 0 aliphatic rings. The van der Waals surface area contributed by atoms with Crippen molar-refractivity contribution in [3.8, 4) is 0 Å². The van der Waals surface area contributed by atoms with E-state index in [1.807, 2.05) is 30.3 Å². The quantitative estimate of drug-likeness (QED) is 0.767. The molecular weight excluding hydrogens is 326 g/mol. The van der Waals surface area contributed by atoms with E-state index >= 15 is 0 Å². The molecule has 138 valence electrons. The summed E-state index contributed by atoms with van der Waals surface area (Å²) in [5, 5.41) is 3.82. The highest BCUT2D eigenvalue weighted by molar-refractivity contribution is 5.75. The number of carbonyl (C=O) groups excluding carboxylic acids is 3. The largest absolute Gasteiger partial charge is 0.449 e. The third kappa shape index (κ3) is 6.33. The Hall–Kier alpha value is -2.77. The second-order valence-electron chi connectivity index (χ2n) is 5.23. The summed E-state index contributed by atoms with van der Waals surface area (Å²) < 4.78 is 9.83. The number of nitrogens with zero attached hydrogens (tertiary/aromatic N) is 1. The molecule has 0 aliphatic heterocycles. The normalized spacial score (nSPS) is 12.5. The zero-order valence-corrected chi connectivity index (χ0v) is 14.9. The lowest BCUT2D eigenvalue weighted by atomic mass is 10.00. The fraction of sp³-hybridized carbons (Fsp3) is 0.471. The van der Waals surface area contributed by atoms with Crippen molar-refractivity contribution in [1.29, 1.82) is 0 Å². The molecule has 8 nitrogen and oxygen atoms in total. The van der Waals surface area contributed by atoms with Crippen molar-refractivity contribution in [2.75, 3.05) is 13.2 Å². The fourth-order valence-corrected chi connectivity index (χ4v) is 2.28. The SMILES string of the molecule is CCOC(=O)NN(C(=O)OCC)[C@@H](C)[C@@H](NC(C)=O)c1ccccc1. The number of benzene rings is 1. The number of carbonyl (C=O) groups is 3. The lowest BCUT2D eigenvalue weighted by molar-refractivity contribution is -0.120. The Labute approximate surface area is 147 Å². The van der Waals surface area contributed by atoms with E-state index in [9.17, 15) is 14.4 Å². The summed E-state index contributed by atoms with van der Waals surface area (Å²) in [6, 6.07) is 7.96. The summed E-state index contributed by atoms with van der Waals surface area (Å²) in [5.41, 5.74) is 3.15. The van der Waals surface area contributed by atoms with Crippen LogP contribution in [0.15, 0.2) is 30.3 Å². The summed E-state index contributed by atoms with van der Waals surface area (Å²) >= 11 is 0. The van der Waals surface area contributed by atoms with Crippen molar-refractivity contribution < 1.29 is 23.9 Å². The maximum Gasteiger partial charge on any atom is 0.429 e. The summed E-state index contributed by atoms with van der Waals surface area (Å²) in [7, 11) is 0. The van der Waals surface area contributed by atoms with E-state index in [2.05, 4.69) is 10.7 Å². The second-order valence-corrected chi connectivity index (χ2v) is 5.23. The van der Waals surface area contributed by atoms with Gasteiger partial charge in [-0.25, -0.2) is 20.0 Å². The van der Waals surface area contributed by atoms with Crippen LogP contribution < -0.4 is 10.7 Å². The van der Waals surface area contributed by atoms with E-state index in [1.165, 1.54) is 6.92 Å². The Balaban J connectivity index is 3.11. The molecule has 0 radical (unpaired) electrons. The summed E-state index contributed by atoms with van der Waals surface area (Å²) in [6.45, 7) is 6.69. The molecular formula is C17H25N3O5. The molecule has 1 aromatic carbocycles. The van der Waals surface area contributed by atoms with E-state index in [0.29, 0.717) is 0 Å². The lowest BCUT2D eigenvalue weighted by Gasteiger charge is -2.34. The zero-order chi connectivity index (χ0) is 18.8. The molecule has 0 unspecified atom stereocenters. The predicted octanol–water partition coefficient (Wildman–Crippen LogP) is 2.37. The first-order valence-electron chi connectivity index (χ1n) is 8.12. The average molecular weight is 351 g/mol. The van der Waals surface area contributed by atoms with Crippen LogP contribution in [0, 0.1) is 0 Å². The van der Waals surface area contributed by atoms with Gasteiger partial charge in [0, 0.05) is 6.92 Å². The standard InChI is InChI=1S/C17H25N3O5/c1-5-24-16(22)19-20(17(23)25-6-2)12(3)15(18-13(4)21)14-10-8-7-9-11-14/h7-12,15H,5-6H2,1-4H3,(H,18,21)(H,19,22)/t12-,15+/m0/s1. The van der Waals surface area contributed by atoms with Gasteiger partial charge in [0.25, 0.3) is 0 Å². The van der Waals surface area contributed by atoms with Crippen LogP contribution >= 0.6 is 0 Å². The van der Waals surface area contributed by atoms with Crippen LogP contribution in [0.2, 0.25) is 0 Å². The molecule has 0 saturated carbocycles. The lowest BCUT2D eigenvalue weighted by Crippen LogP contribution is -2.55. The van der Waals surface area contributed by atoms with Gasteiger partial charge in [-0.05, 0) is 26.3 Å². The molecule has 2 N–H and O–H groups in total. The first-order chi connectivity index (χ1) is 11.9. The van der Waals surface area contributed by atoms with Crippen LogP contribution in [0.1, 0.15) is 39.3 Å². The van der Waals surface area contributed by atoms with Crippen LogP contribution in [0.3, 0.4) is 0 Å². The third-order valence-electron chi connectivity index (χ3n) is 3.36. The monoisotopic (exact) mass is 351 g/mol. The number of hydrogen-bond donors (Lipinski definition) is 2. The van der Waals surface area contributed by atoms with Gasteiger partial charge in [0.05, 0.1) is 25.3 Å². The van der Waals surface area contributed by atoms with Gasteiger partial charge in [0.15, 0.2) is 0 Å². The highest BCUT2D eigenvalue weighted by Gasteiger charge is 2.31. The highest BCUT2D eigenvalue weighted by atomic mass is 16.6. The molecule has 1 rings (SSSR count). The molecule has 2 atom stereocenters. The Morgan fingerprint density at radius 1 is 1.08 bits per heavy atom. The molecule has 0 fully saturated rings. The average Bonchev–Trinajstić information content (AvgIpc) is 2.58. The van der Waals surface area contributed by atoms with E-state index < -0.39 is 24.3 Å². The van der Waals surface area contributed by atoms with Gasteiger partial charge in [-0.2, -0.15) is 0 Å². The van der Waals surface area contributed by atoms with Crippen molar-refractivity contribution in [1.82, 2.24) is 15.8 Å². The smallest absolute Gasteiger partial charge is 0.429 e. The predicted molar refractivity (Wildman–Crippen MR) is 91.5 cm³/mol. The third-order valence-corrected chi connectivity index (χ3v) is 3.36. The van der Waals surface area contributed by atoms with E-state index in [0.717, 1.165) is 10.6 Å². The summed E-state index contributed by atoms with van der Waals surface area (Å²) in [4.78, 5) is 35.7. The molecule has 1 aromatic rings. The minimum Gasteiger partial charge on any atom is -0.449 e. The molecule has 8 heteroatoms. The van der Waals surface area contributed by atoms with Crippen LogP contribution in [0.25, 0.3) is 0 Å². The number of ether oxygens (including phenoxy) is 2. The van der Waals surface area contributed by atoms with E-state index in [4.69, 9.17) is 9.47 Å². The van der Waals surface area contributed by atoms with Crippen molar-refractivity contribution in [3.05, 3.63) is 35.9 Å². The van der Waals surface area contributed by atoms with Crippen LogP contribution in [0.5, 0.6) is 0 Å². The Bertz CT molecular complexity index is 579. The van der Waals surface area contributed by atoms with Crippen molar-refractivity contribution in [2.45, 2.75) is 39.8 Å². The molecule has 0 aliphatic carbocycles. The van der Waals surface area contributed by atoms with Crippen molar-refractivity contribution in [2.24, 2.45) is 0 Å². The molecule has 0 aromatic heterocycles. The minimum atomic E-state index is -0.781. The Morgan fingerprint density at radius 3 is 2.20 bits per heavy atom. The second kappa shape index (κ2) is 10.2. The van der Waals surface area contributed by atoms with Gasteiger partial charge in [0.1, 0.15) is 0 Å². The number of rotatable bonds is 6. The maximum atomic E-state index is 12.3. The molecule has 0 heterocycles. The highest BCUT2D eigenvalue weighted by Crippen LogP contribution is 2.21. The molecule has 0 bridgehead atoms. The number of hydrogen-bond acceptors (Lipinski definition) is 5. The minimum absolute atomic E-state index is 0.142. The molecule has 0 saturated heterocycles. The number of hydrazine groups is 1. The van der Waals surface area contributed by atoms with Crippen molar-refractivity contribution >= 4 is 18.1 Å². The van der Waals surface area contributed by atoms with E-state index in [-0.39, 0.29) is 19.1 Å². The number of amides is 3. The molecule has 25 heavy (non-hydrogen) atoms. The van der Waals surface area contributed by atoms with Gasteiger partial charge in [-0.15, -0.1) is 0 Å². The Morgan fingerprint density at radius 2 is 1.68 bits per heavy atom. The van der Waals surface area contributed by atoms with Crippen molar-refractivity contribution in [3.63, 3.8) is 0 Å².